The van der Waals surface area contributed by atoms with Crippen LogP contribution in [0, 0.1) is 5.82 Å². The molecule has 2 atom stereocenters. The molecule has 14 heavy (non-hydrogen) atoms. The molecule has 1 saturated heterocycles. The van der Waals surface area contributed by atoms with Crippen molar-refractivity contribution < 1.29 is 9.13 Å². The zero-order valence-corrected chi connectivity index (χ0v) is 8.16. The standard InChI is InChI=1S/C11H14FNO/c1-8-11(14-6-5-13-8)9-3-2-4-10(12)7-9/h2-4,7-8,11,13H,5-6H2,1H3/t8-,11+/m1/s1. The number of nitrogens with one attached hydrogen (secondary N) is 1. The molecule has 0 amide bonds. The molecule has 0 aromatic heterocycles. The quantitative estimate of drug-likeness (QED) is 0.738. The minimum Gasteiger partial charge on any atom is -0.371 e. The Balaban J connectivity index is 2.20. The van der Waals surface area contributed by atoms with Crippen LogP contribution in [0.15, 0.2) is 24.3 Å². The lowest BCUT2D eigenvalue weighted by Crippen LogP contribution is -2.41. The van der Waals surface area contributed by atoms with Crippen molar-refractivity contribution in [2.45, 2.75) is 19.1 Å². The van der Waals surface area contributed by atoms with Gasteiger partial charge < -0.3 is 10.1 Å². The minimum atomic E-state index is -0.205. The van der Waals surface area contributed by atoms with E-state index >= 15 is 0 Å². The molecule has 1 aromatic carbocycles. The van der Waals surface area contributed by atoms with Crippen LogP contribution in [0.25, 0.3) is 0 Å². The third kappa shape index (κ3) is 1.94. The Morgan fingerprint density at radius 3 is 3.07 bits per heavy atom. The molecule has 1 aliphatic heterocycles. The van der Waals surface area contributed by atoms with Gasteiger partial charge in [0.1, 0.15) is 5.82 Å². The average molecular weight is 195 g/mol. The van der Waals surface area contributed by atoms with Crippen LogP contribution in [0.2, 0.25) is 0 Å². The first-order chi connectivity index (χ1) is 6.77. The number of hydrogen-bond acceptors (Lipinski definition) is 2. The summed E-state index contributed by atoms with van der Waals surface area (Å²) in [5.74, 6) is -0.205. The molecule has 0 spiro atoms. The van der Waals surface area contributed by atoms with Crippen molar-refractivity contribution in [1.29, 1.82) is 0 Å². The molecule has 1 fully saturated rings. The first kappa shape index (κ1) is 9.62. The van der Waals surface area contributed by atoms with Crippen LogP contribution in [0.1, 0.15) is 18.6 Å². The molecule has 0 bridgehead atoms. The van der Waals surface area contributed by atoms with Crippen molar-refractivity contribution in [3.05, 3.63) is 35.6 Å². The fourth-order valence-corrected chi connectivity index (χ4v) is 1.79. The van der Waals surface area contributed by atoms with E-state index in [1.54, 1.807) is 6.07 Å². The Morgan fingerprint density at radius 1 is 1.50 bits per heavy atom. The SMILES string of the molecule is C[C@H]1NCCO[C@@H]1c1cccc(F)c1. The van der Waals surface area contributed by atoms with Gasteiger partial charge in [0.05, 0.1) is 12.7 Å². The lowest BCUT2D eigenvalue weighted by atomic mass is 10.0. The highest BCUT2D eigenvalue weighted by Gasteiger charge is 2.23. The van der Waals surface area contributed by atoms with Crippen molar-refractivity contribution in [1.82, 2.24) is 5.32 Å². The summed E-state index contributed by atoms with van der Waals surface area (Å²) in [6.07, 6.45) is -0.0283. The molecule has 2 nitrogen and oxygen atoms in total. The van der Waals surface area contributed by atoms with E-state index in [4.69, 9.17) is 4.74 Å². The average Bonchev–Trinajstić information content (AvgIpc) is 2.18. The lowest BCUT2D eigenvalue weighted by molar-refractivity contribution is -0.000381. The highest BCUT2D eigenvalue weighted by molar-refractivity contribution is 5.20. The van der Waals surface area contributed by atoms with Crippen LogP contribution in [0.4, 0.5) is 4.39 Å². The molecule has 2 rings (SSSR count). The first-order valence-electron chi connectivity index (χ1n) is 4.88. The predicted octanol–water partition coefficient (Wildman–Crippen LogP) is 1.88. The Kier molecular flexibility index (Phi) is 2.79. The van der Waals surface area contributed by atoms with E-state index < -0.39 is 0 Å². The summed E-state index contributed by atoms with van der Waals surface area (Å²) in [7, 11) is 0. The van der Waals surface area contributed by atoms with Crippen molar-refractivity contribution in [3.8, 4) is 0 Å². The van der Waals surface area contributed by atoms with Crippen molar-refractivity contribution in [3.63, 3.8) is 0 Å². The molecule has 76 valence electrons. The lowest BCUT2D eigenvalue weighted by Gasteiger charge is -2.30. The van der Waals surface area contributed by atoms with Crippen LogP contribution < -0.4 is 5.32 Å². The summed E-state index contributed by atoms with van der Waals surface area (Å²) < 4.78 is 18.6. The number of benzene rings is 1. The molecule has 0 unspecified atom stereocenters. The molecule has 1 heterocycles. The Bertz CT molecular complexity index is 316. The molecule has 0 aliphatic carbocycles. The highest BCUT2D eigenvalue weighted by atomic mass is 19.1. The zero-order valence-electron chi connectivity index (χ0n) is 8.16. The summed E-state index contributed by atoms with van der Waals surface area (Å²) >= 11 is 0. The third-order valence-corrected chi connectivity index (χ3v) is 2.50. The van der Waals surface area contributed by atoms with Gasteiger partial charge in [0.2, 0.25) is 0 Å². The largest absolute Gasteiger partial charge is 0.371 e. The van der Waals surface area contributed by atoms with Gasteiger partial charge in [-0.05, 0) is 24.6 Å². The van der Waals surface area contributed by atoms with Gasteiger partial charge in [-0.25, -0.2) is 4.39 Å². The molecule has 1 N–H and O–H groups in total. The minimum absolute atomic E-state index is 0.0283. The van der Waals surface area contributed by atoms with Crippen molar-refractivity contribution >= 4 is 0 Å². The third-order valence-electron chi connectivity index (χ3n) is 2.50. The summed E-state index contributed by atoms with van der Waals surface area (Å²) in [4.78, 5) is 0. The Morgan fingerprint density at radius 2 is 2.36 bits per heavy atom. The summed E-state index contributed by atoms with van der Waals surface area (Å²) in [5, 5.41) is 3.30. The van der Waals surface area contributed by atoms with E-state index in [0.29, 0.717) is 6.61 Å². The van der Waals surface area contributed by atoms with Crippen LogP contribution in [-0.4, -0.2) is 19.2 Å². The van der Waals surface area contributed by atoms with Crippen LogP contribution in [-0.2, 0) is 4.74 Å². The Hall–Kier alpha value is -0.930. The van der Waals surface area contributed by atoms with E-state index in [1.807, 2.05) is 6.07 Å². The van der Waals surface area contributed by atoms with E-state index in [1.165, 1.54) is 12.1 Å². The second kappa shape index (κ2) is 4.07. The number of halogens is 1. The second-order valence-electron chi connectivity index (χ2n) is 3.59. The fourth-order valence-electron chi connectivity index (χ4n) is 1.79. The molecule has 0 radical (unpaired) electrons. The van der Waals surface area contributed by atoms with Crippen LogP contribution >= 0.6 is 0 Å². The summed E-state index contributed by atoms with van der Waals surface area (Å²) in [6.45, 7) is 3.60. The first-order valence-corrected chi connectivity index (χ1v) is 4.88. The van der Waals surface area contributed by atoms with Gasteiger partial charge >= 0.3 is 0 Å². The maximum Gasteiger partial charge on any atom is 0.123 e. The van der Waals surface area contributed by atoms with E-state index in [0.717, 1.165) is 12.1 Å². The van der Waals surface area contributed by atoms with Gasteiger partial charge in [-0.3, -0.25) is 0 Å². The molecular formula is C11H14FNO. The topological polar surface area (TPSA) is 21.3 Å². The number of hydrogen-bond donors (Lipinski definition) is 1. The monoisotopic (exact) mass is 195 g/mol. The summed E-state index contributed by atoms with van der Waals surface area (Å²) in [5.41, 5.74) is 0.907. The number of morpholine rings is 1. The van der Waals surface area contributed by atoms with Gasteiger partial charge in [0.25, 0.3) is 0 Å². The number of ether oxygens (including phenoxy) is 1. The summed E-state index contributed by atoms with van der Waals surface area (Å²) in [6, 6.07) is 6.84. The molecule has 0 saturated carbocycles. The van der Waals surface area contributed by atoms with E-state index in [9.17, 15) is 4.39 Å². The molecule has 1 aromatic rings. The molecule has 3 heteroatoms. The Labute approximate surface area is 83.1 Å². The fraction of sp³-hybridized carbons (Fsp3) is 0.455. The van der Waals surface area contributed by atoms with Gasteiger partial charge in [0.15, 0.2) is 0 Å². The smallest absolute Gasteiger partial charge is 0.123 e. The van der Waals surface area contributed by atoms with E-state index in [2.05, 4.69) is 12.2 Å². The normalized spacial score (nSPS) is 27.6. The molecule has 1 aliphatic rings. The van der Waals surface area contributed by atoms with Crippen molar-refractivity contribution in [2.75, 3.05) is 13.2 Å². The second-order valence-corrected chi connectivity index (χ2v) is 3.59. The van der Waals surface area contributed by atoms with Gasteiger partial charge in [-0.2, -0.15) is 0 Å². The van der Waals surface area contributed by atoms with Gasteiger partial charge in [-0.15, -0.1) is 0 Å². The zero-order chi connectivity index (χ0) is 9.97. The predicted molar refractivity (Wildman–Crippen MR) is 52.6 cm³/mol. The van der Waals surface area contributed by atoms with Crippen molar-refractivity contribution in [2.24, 2.45) is 0 Å². The van der Waals surface area contributed by atoms with Crippen LogP contribution in [0.5, 0.6) is 0 Å². The number of rotatable bonds is 1. The molecular weight excluding hydrogens is 181 g/mol. The van der Waals surface area contributed by atoms with E-state index in [-0.39, 0.29) is 18.0 Å². The highest BCUT2D eigenvalue weighted by Crippen LogP contribution is 2.23. The van der Waals surface area contributed by atoms with Gasteiger partial charge in [0, 0.05) is 12.6 Å². The maximum atomic E-state index is 13.0. The van der Waals surface area contributed by atoms with Crippen LogP contribution in [0.3, 0.4) is 0 Å². The maximum absolute atomic E-state index is 13.0. The van der Waals surface area contributed by atoms with Gasteiger partial charge in [-0.1, -0.05) is 12.1 Å².